The number of carbonyl (C=O) groups is 3. The van der Waals surface area contributed by atoms with Crippen molar-refractivity contribution in [1.29, 1.82) is 0 Å². The number of rotatable bonds is 10. The van der Waals surface area contributed by atoms with Crippen LogP contribution in [0.4, 0.5) is 0 Å². The van der Waals surface area contributed by atoms with Gasteiger partial charge in [0.2, 0.25) is 0 Å². The van der Waals surface area contributed by atoms with Crippen molar-refractivity contribution in [2.45, 2.75) is 38.6 Å². The molecule has 0 fully saturated rings. The largest absolute Gasteiger partial charge is 0.481 e. The van der Waals surface area contributed by atoms with Crippen LogP contribution in [0.1, 0.15) is 32.6 Å². The van der Waals surface area contributed by atoms with Gasteiger partial charge in [-0.15, -0.1) is 0 Å². The van der Waals surface area contributed by atoms with Crippen molar-refractivity contribution in [2.75, 3.05) is 13.1 Å². The van der Waals surface area contributed by atoms with Gasteiger partial charge >= 0.3 is 17.9 Å². The van der Waals surface area contributed by atoms with Crippen molar-refractivity contribution in [3.63, 3.8) is 0 Å². The SMILES string of the molecule is CCCCC(C(=O)O)N(CCC(=O)O)CC(=O)O. The van der Waals surface area contributed by atoms with E-state index in [4.69, 9.17) is 15.3 Å². The predicted octanol–water partition coefficient (Wildman–Crippen LogP) is 0.491. The maximum absolute atomic E-state index is 11.1. The first-order valence-electron chi connectivity index (χ1n) is 5.78. The van der Waals surface area contributed by atoms with E-state index in [0.717, 1.165) is 6.42 Å². The van der Waals surface area contributed by atoms with Crippen molar-refractivity contribution in [3.05, 3.63) is 0 Å². The van der Waals surface area contributed by atoms with Gasteiger partial charge in [0.1, 0.15) is 6.04 Å². The van der Waals surface area contributed by atoms with Crippen LogP contribution in [0.25, 0.3) is 0 Å². The van der Waals surface area contributed by atoms with Gasteiger partial charge in [0.15, 0.2) is 0 Å². The van der Waals surface area contributed by atoms with Gasteiger partial charge in [-0.1, -0.05) is 19.8 Å². The second-order valence-corrected chi connectivity index (χ2v) is 4.00. The molecule has 0 spiro atoms. The molecule has 0 aliphatic heterocycles. The van der Waals surface area contributed by atoms with Crippen molar-refractivity contribution in [2.24, 2.45) is 0 Å². The second kappa shape index (κ2) is 8.46. The summed E-state index contributed by atoms with van der Waals surface area (Å²) in [5.74, 6) is -3.36. The lowest BCUT2D eigenvalue weighted by atomic mass is 10.1. The van der Waals surface area contributed by atoms with Crippen molar-refractivity contribution < 1.29 is 29.7 Å². The zero-order valence-electron chi connectivity index (χ0n) is 10.3. The summed E-state index contributed by atoms with van der Waals surface area (Å²) in [5, 5.41) is 26.4. The Labute approximate surface area is 105 Å². The molecule has 0 rings (SSSR count). The van der Waals surface area contributed by atoms with Crippen LogP contribution in [0, 0.1) is 0 Å². The zero-order valence-corrected chi connectivity index (χ0v) is 10.3. The molecule has 0 radical (unpaired) electrons. The number of nitrogens with zero attached hydrogens (tertiary/aromatic N) is 1. The van der Waals surface area contributed by atoms with Gasteiger partial charge in [-0.2, -0.15) is 0 Å². The minimum absolute atomic E-state index is 0.0810. The highest BCUT2D eigenvalue weighted by Crippen LogP contribution is 2.10. The average Bonchev–Trinajstić information content (AvgIpc) is 2.24. The Morgan fingerprint density at radius 2 is 1.72 bits per heavy atom. The summed E-state index contributed by atoms with van der Waals surface area (Å²) in [5.41, 5.74) is 0. The summed E-state index contributed by atoms with van der Waals surface area (Å²) in [6, 6.07) is -0.944. The fourth-order valence-corrected chi connectivity index (χ4v) is 1.62. The summed E-state index contributed by atoms with van der Waals surface area (Å²) in [7, 11) is 0. The monoisotopic (exact) mass is 261 g/mol. The van der Waals surface area contributed by atoms with Crippen LogP contribution in [-0.4, -0.2) is 57.3 Å². The van der Waals surface area contributed by atoms with Crippen molar-refractivity contribution in [3.8, 4) is 0 Å². The summed E-state index contributed by atoms with van der Waals surface area (Å²) in [6.45, 7) is 1.36. The highest BCUT2D eigenvalue weighted by molar-refractivity contribution is 5.76. The van der Waals surface area contributed by atoms with E-state index in [0.29, 0.717) is 12.8 Å². The summed E-state index contributed by atoms with van der Waals surface area (Å²) in [4.78, 5) is 33.4. The molecule has 18 heavy (non-hydrogen) atoms. The number of unbranched alkanes of at least 4 members (excludes halogenated alkanes) is 1. The maximum atomic E-state index is 11.1. The maximum Gasteiger partial charge on any atom is 0.320 e. The number of carboxylic acids is 3. The van der Waals surface area contributed by atoms with Crippen LogP contribution in [0.15, 0.2) is 0 Å². The molecule has 0 aliphatic carbocycles. The van der Waals surface area contributed by atoms with Gasteiger partial charge in [-0.05, 0) is 6.42 Å². The van der Waals surface area contributed by atoms with Crippen LogP contribution in [-0.2, 0) is 14.4 Å². The number of hydrogen-bond donors (Lipinski definition) is 3. The smallest absolute Gasteiger partial charge is 0.320 e. The molecule has 0 aromatic rings. The Bertz CT molecular complexity index is 304. The molecule has 1 unspecified atom stereocenters. The lowest BCUT2D eigenvalue weighted by Gasteiger charge is -2.26. The van der Waals surface area contributed by atoms with Gasteiger partial charge in [-0.3, -0.25) is 19.3 Å². The standard InChI is InChI=1S/C11H19NO6/c1-2-3-4-8(11(17)18)12(7-10(15)16)6-5-9(13)14/h8H,2-7H2,1H3,(H,13,14)(H,15,16)(H,17,18). The first-order valence-corrected chi connectivity index (χ1v) is 5.78. The van der Waals surface area contributed by atoms with E-state index < -0.39 is 30.5 Å². The van der Waals surface area contributed by atoms with Gasteiger partial charge in [0.05, 0.1) is 13.0 Å². The Morgan fingerprint density at radius 1 is 1.11 bits per heavy atom. The van der Waals surface area contributed by atoms with E-state index in [1.165, 1.54) is 4.90 Å². The molecule has 0 aromatic carbocycles. The summed E-state index contributed by atoms with van der Waals surface area (Å²) >= 11 is 0. The van der Waals surface area contributed by atoms with Crippen molar-refractivity contribution >= 4 is 17.9 Å². The minimum Gasteiger partial charge on any atom is -0.481 e. The zero-order chi connectivity index (χ0) is 14.1. The van der Waals surface area contributed by atoms with E-state index in [1.807, 2.05) is 6.92 Å². The molecule has 0 aromatic heterocycles. The predicted molar refractivity (Wildman–Crippen MR) is 62.4 cm³/mol. The van der Waals surface area contributed by atoms with Gasteiger partial charge < -0.3 is 15.3 Å². The first-order chi connectivity index (χ1) is 8.38. The molecule has 0 saturated carbocycles. The van der Waals surface area contributed by atoms with E-state index >= 15 is 0 Å². The first kappa shape index (κ1) is 16.4. The normalized spacial score (nSPS) is 12.3. The molecular weight excluding hydrogens is 242 g/mol. The van der Waals surface area contributed by atoms with Gasteiger partial charge in [0.25, 0.3) is 0 Å². The fraction of sp³-hybridized carbons (Fsp3) is 0.727. The number of hydrogen-bond acceptors (Lipinski definition) is 4. The number of carboxylic acid groups (broad SMARTS) is 3. The topological polar surface area (TPSA) is 115 Å². The third-order valence-corrected chi connectivity index (χ3v) is 2.51. The van der Waals surface area contributed by atoms with E-state index in [1.54, 1.807) is 0 Å². The third-order valence-electron chi connectivity index (χ3n) is 2.51. The van der Waals surface area contributed by atoms with Crippen LogP contribution >= 0.6 is 0 Å². The molecule has 7 nitrogen and oxygen atoms in total. The molecule has 0 saturated heterocycles. The van der Waals surface area contributed by atoms with E-state index in [-0.39, 0.29) is 13.0 Å². The second-order valence-electron chi connectivity index (χ2n) is 4.00. The van der Waals surface area contributed by atoms with Crippen molar-refractivity contribution in [1.82, 2.24) is 4.90 Å². The quantitative estimate of drug-likeness (QED) is 0.524. The minimum atomic E-state index is -1.16. The molecule has 3 N–H and O–H groups in total. The van der Waals surface area contributed by atoms with Gasteiger partial charge in [-0.25, -0.2) is 0 Å². The van der Waals surface area contributed by atoms with Crippen LogP contribution in [0.5, 0.6) is 0 Å². The Kier molecular flexibility index (Phi) is 7.69. The van der Waals surface area contributed by atoms with E-state index in [2.05, 4.69) is 0 Å². The molecule has 7 heteroatoms. The van der Waals surface area contributed by atoms with E-state index in [9.17, 15) is 14.4 Å². The summed E-state index contributed by atoms with van der Waals surface area (Å²) < 4.78 is 0. The molecule has 0 amide bonds. The summed E-state index contributed by atoms with van der Waals surface area (Å²) in [6.07, 6.45) is 1.49. The van der Waals surface area contributed by atoms with Crippen LogP contribution < -0.4 is 0 Å². The molecule has 1 atom stereocenters. The highest BCUT2D eigenvalue weighted by atomic mass is 16.4. The Hall–Kier alpha value is -1.63. The van der Waals surface area contributed by atoms with Crippen LogP contribution in [0.3, 0.4) is 0 Å². The Morgan fingerprint density at radius 3 is 2.11 bits per heavy atom. The molecule has 0 bridgehead atoms. The van der Waals surface area contributed by atoms with Gasteiger partial charge in [0, 0.05) is 6.54 Å². The highest BCUT2D eigenvalue weighted by Gasteiger charge is 2.26. The Balaban J connectivity index is 4.67. The molecule has 104 valence electrons. The molecule has 0 heterocycles. The lowest BCUT2D eigenvalue weighted by molar-refractivity contribution is -0.148. The van der Waals surface area contributed by atoms with Crippen LogP contribution in [0.2, 0.25) is 0 Å². The number of aliphatic carboxylic acids is 3. The molecular formula is C11H19NO6. The lowest BCUT2D eigenvalue weighted by Crippen LogP contribution is -2.45. The fourth-order valence-electron chi connectivity index (χ4n) is 1.62. The third kappa shape index (κ3) is 6.85. The average molecular weight is 261 g/mol. The molecule has 0 aliphatic rings.